The summed E-state index contributed by atoms with van der Waals surface area (Å²) in [5.41, 5.74) is 20.5. The van der Waals surface area contributed by atoms with Gasteiger partial charge in [0, 0.05) is 39.5 Å². The highest BCUT2D eigenvalue weighted by molar-refractivity contribution is 5.86. The van der Waals surface area contributed by atoms with Crippen LogP contribution in [0.15, 0.2) is 164 Å². The number of fused-ring (bicyclic) bond motifs is 3. The second kappa shape index (κ2) is 14.4. The standard InChI is InChI=1S/C59H56N2/c1-58(2)54-16-10-9-15-52(54)53-30-29-51(36-55(53)58)61(50-27-25-47(26-28-50)59-37-42-31-43(38-59)33-44(32-42)39-59)57-35-41-18-22-45-21-17-40(19-23-46(57)24-20-41)34-56(45)60(48-11-5-3-6-12-48)49-13-7-4-8-14-49/h3-17,20-21,24-30,34-36,42-44H,18-19,22-23,31-33,37-39H2,1-2H3. The van der Waals surface area contributed by atoms with Crippen LogP contribution >= 0.6 is 0 Å². The van der Waals surface area contributed by atoms with Crippen LogP contribution in [0.5, 0.6) is 0 Å². The minimum atomic E-state index is -0.0749. The molecule has 0 saturated heterocycles. The van der Waals surface area contributed by atoms with E-state index < -0.39 is 0 Å². The smallest absolute Gasteiger partial charge is 0.0496 e. The molecule has 2 heteroatoms. The molecule has 0 radical (unpaired) electrons. The zero-order valence-corrected chi connectivity index (χ0v) is 35.8. The van der Waals surface area contributed by atoms with Crippen molar-refractivity contribution in [2.45, 2.75) is 88.9 Å². The minimum absolute atomic E-state index is 0.0749. The second-order valence-electron chi connectivity index (χ2n) is 19.9. The molecule has 7 aromatic carbocycles. The van der Waals surface area contributed by atoms with Crippen LogP contribution in [0.25, 0.3) is 11.1 Å². The molecule has 0 amide bonds. The normalized spacial score (nSPS) is 22.6. The van der Waals surface area contributed by atoms with Crippen molar-refractivity contribution in [3.63, 3.8) is 0 Å². The van der Waals surface area contributed by atoms with Crippen molar-refractivity contribution >= 4 is 34.1 Å². The highest BCUT2D eigenvalue weighted by Crippen LogP contribution is 2.61. The summed E-state index contributed by atoms with van der Waals surface area (Å²) >= 11 is 0. The van der Waals surface area contributed by atoms with E-state index >= 15 is 0 Å². The molecule has 8 bridgehead atoms. The van der Waals surface area contributed by atoms with Crippen molar-refractivity contribution in [2.75, 3.05) is 9.80 Å². The molecule has 0 aromatic heterocycles. The Hall–Kier alpha value is -5.86. The molecular weight excluding hydrogens is 737 g/mol. The lowest BCUT2D eigenvalue weighted by atomic mass is 9.48. The third-order valence-electron chi connectivity index (χ3n) is 15.8. The Morgan fingerprint density at radius 1 is 0.410 bits per heavy atom. The SMILES string of the molecule is CC1(C)c2ccccc2-c2ccc(N(c3ccc(C45CC6CC(CC(C6)C4)C5)cc3)c3cc4ccc3CCc3ccc(c(N(c5ccccc5)c5ccccc5)c3)CC4)cc21. The van der Waals surface area contributed by atoms with Crippen molar-refractivity contribution in [2.24, 2.45) is 17.8 Å². The molecule has 4 fully saturated rings. The first-order valence-electron chi connectivity index (χ1n) is 23.2. The quantitative estimate of drug-likeness (QED) is 0.159. The minimum Gasteiger partial charge on any atom is -0.310 e. The lowest BCUT2D eigenvalue weighted by molar-refractivity contribution is -0.00518. The molecule has 9 aliphatic rings. The molecule has 16 rings (SSSR count). The van der Waals surface area contributed by atoms with Crippen LogP contribution in [0.1, 0.15) is 91.3 Å². The van der Waals surface area contributed by atoms with Crippen LogP contribution in [-0.2, 0) is 36.5 Å². The first-order chi connectivity index (χ1) is 29.9. The first kappa shape index (κ1) is 36.9. The van der Waals surface area contributed by atoms with E-state index in [9.17, 15) is 0 Å². The summed E-state index contributed by atoms with van der Waals surface area (Å²) in [5.74, 6) is 2.81. The predicted octanol–water partition coefficient (Wildman–Crippen LogP) is 15.3. The zero-order valence-electron chi connectivity index (χ0n) is 35.8. The second-order valence-corrected chi connectivity index (χ2v) is 19.9. The van der Waals surface area contributed by atoms with Gasteiger partial charge in [0.2, 0.25) is 0 Å². The molecule has 7 aromatic rings. The van der Waals surface area contributed by atoms with E-state index in [2.05, 4.69) is 187 Å². The Kier molecular flexibility index (Phi) is 8.70. The highest BCUT2D eigenvalue weighted by Gasteiger charge is 2.51. The summed E-state index contributed by atoms with van der Waals surface area (Å²) < 4.78 is 0. The molecule has 0 aliphatic heterocycles. The number of nitrogens with zero attached hydrogens (tertiary/aromatic N) is 2. The summed E-state index contributed by atoms with van der Waals surface area (Å²) in [5, 5.41) is 0. The average molecular weight is 793 g/mol. The molecule has 4 saturated carbocycles. The Morgan fingerprint density at radius 2 is 0.885 bits per heavy atom. The van der Waals surface area contributed by atoms with Crippen LogP contribution in [0, 0.1) is 17.8 Å². The number of anilines is 6. The summed E-state index contributed by atoms with van der Waals surface area (Å²) in [4.78, 5) is 5.08. The summed E-state index contributed by atoms with van der Waals surface area (Å²) in [7, 11) is 0. The molecule has 9 aliphatic carbocycles. The van der Waals surface area contributed by atoms with E-state index in [4.69, 9.17) is 0 Å². The van der Waals surface area contributed by atoms with Gasteiger partial charge < -0.3 is 9.80 Å². The van der Waals surface area contributed by atoms with Crippen molar-refractivity contribution in [3.05, 3.63) is 203 Å². The van der Waals surface area contributed by atoms with E-state index in [1.807, 2.05) is 0 Å². The van der Waals surface area contributed by atoms with Gasteiger partial charge in [0.15, 0.2) is 0 Å². The van der Waals surface area contributed by atoms with E-state index in [0.717, 1.165) is 43.4 Å². The van der Waals surface area contributed by atoms with Gasteiger partial charge in [-0.3, -0.25) is 0 Å². The molecule has 0 unspecified atom stereocenters. The fraction of sp³-hybridized carbons (Fsp3) is 0.288. The van der Waals surface area contributed by atoms with Gasteiger partial charge in [-0.15, -0.1) is 0 Å². The van der Waals surface area contributed by atoms with Crippen molar-refractivity contribution in [1.82, 2.24) is 0 Å². The van der Waals surface area contributed by atoms with Gasteiger partial charge in [-0.1, -0.05) is 117 Å². The van der Waals surface area contributed by atoms with Crippen LogP contribution in [0.3, 0.4) is 0 Å². The first-order valence-corrected chi connectivity index (χ1v) is 23.2. The Bertz CT molecular complexity index is 2690. The van der Waals surface area contributed by atoms with Gasteiger partial charge in [0.05, 0.1) is 0 Å². The molecule has 61 heavy (non-hydrogen) atoms. The van der Waals surface area contributed by atoms with E-state index in [1.54, 1.807) is 5.56 Å². The number of hydrogen-bond acceptors (Lipinski definition) is 2. The van der Waals surface area contributed by atoms with Gasteiger partial charge in [0.25, 0.3) is 0 Å². The molecule has 0 heterocycles. The molecular formula is C59H56N2. The number of aryl methyl sites for hydroxylation is 4. The average Bonchev–Trinajstić information content (AvgIpc) is 3.51. The lowest BCUT2D eigenvalue weighted by Crippen LogP contribution is -2.48. The van der Waals surface area contributed by atoms with Crippen molar-refractivity contribution < 1.29 is 0 Å². The molecule has 0 atom stereocenters. The topological polar surface area (TPSA) is 6.48 Å². The number of rotatable bonds is 7. The largest absolute Gasteiger partial charge is 0.310 e. The van der Waals surface area contributed by atoms with Gasteiger partial charge in [-0.2, -0.15) is 0 Å². The maximum absolute atomic E-state index is 2.62. The van der Waals surface area contributed by atoms with Crippen LogP contribution in [-0.4, -0.2) is 0 Å². The zero-order chi connectivity index (χ0) is 40.7. The number of hydrogen-bond donors (Lipinski definition) is 0. The van der Waals surface area contributed by atoms with Crippen molar-refractivity contribution in [1.29, 1.82) is 0 Å². The van der Waals surface area contributed by atoms with Gasteiger partial charge in [-0.25, -0.2) is 0 Å². The van der Waals surface area contributed by atoms with Gasteiger partial charge in [0.1, 0.15) is 0 Å². The van der Waals surface area contributed by atoms with Gasteiger partial charge in [-0.05, 0) is 198 Å². The molecule has 0 N–H and O–H groups in total. The summed E-state index contributed by atoms with van der Waals surface area (Å²) in [6, 6.07) is 62.8. The number of benzene rings is 7. The Labute approximate surface area is 362 Å². The molecule has 0 spiro atoms. The lowest BCUT2D eigenvalue weighted by Gasteiger charge is -2.57. The maximum Gasteiger partial charge on any atom is 0.0496 e. The third-order valence-corrected chi connectivity index (χ3v) is 15.8. The highest BCUT2D eigenvalue weighted by atomic mass is 15.2. The number of para-hydroxylation sites is 2. The third kappa shape index (κ3) is 6.28. The fourth-order valence-electron chi connectivity index (χ4n) is 13.2. The summed E-state index contributed by atoms with van der Waals surface area (Å²) in [6.07, 6.45) is 12.4. The molecule has 302 valence electrons. The maximum atomic E-state index is 2.62. The predicted molar refractivity (Wildman–Crippen MR) is 254 cm³/mol. The van der Waals surface area contributed by atoms with Crippen LogP contribution in [0.4, 0.5) is 34.1 Å². The van der Waals surface area contributed by atoms with E-state index in [-0.39, 0.29) is 5.41 Å². The van der Waals surface area contributed by atoms with Crippen LogP contribution in [0.2, 0.25) is 0 Å². The van der Waals surface area contributed by atoms with E-state index in [1.165, 1.54) is 117 Å². The van der Waals surface area contributed by atoms with Gasteiger partial charge >= 0.3 is 0 Å². The Morgan fingerprint density at radius 3 is 1.46 bits per heavy atom. The Balaban J connectivity index is 0.957. The van der Waals surface area contributed by atoms with E-state index in [0.29, 0.717) is 5.41 Å². The molecule has 2 nitrogen and oxygen atoms in total. The summed E-state index contributed by atoms with van der Waals surface area (Å²) in [6.45, 7) is 4.82. The monoisotopic (exact) mass is 792 g/mol. The van der Waals surface area contributed by atoms with Crippen molar-refractivity contribution in [3.8, 4) is 11.1 Å². The van der Waals surface area contributed by atoms with Crippen LogP contribution < -0.4 is 9.80 Å². The fourth-order valence-corrected chi connectivity index (χ4v) is 13.2.